The lowest BCUT2D eigenvalue weighted by atomic mass is 10.1. The molecule has 0 atom stereocenters. The van der Waals surface area contributed by atoms with Crippen molar-refractivity contribution in [2.24, 2.45) is 0 Å². The van der Waals surface area contributed by atoms with Gasteiger partial charge < -0.3 is 4.74 Å². The van der Waals surface area contributed by atoms with E-state index in [1.165, 1.54) is 6.20 Å². The number of hydrogen-bond acceptors (Lipinski definition) is 5. The SMILES string of the molecule is O=C(CN1C(=O)c2ccccc2C1=O)Oc1cccnc1Br. The largest absolute Gasteiger partial charge is 0.422 e. The molecule has 0 unspecified atom stereocenters. The number of carbonyl (C=O) groups is 3. The van der Waals surface area contributed by atoms with E-state index in [4.69, 9.17) is 4.74 Å². The summed E-state index contributed by atoms with van der Waals surface area (Å²) in [5.41, 5.74) is 0.589. The Bertz CT molecular complexity index is 756. The van der Waals surface area contributed by atoms with Crippen molar-refractivity contribution in [2.45, 2.75) is 0 Å². The smallest absolute Gasteiger partial charge is 0.331 e. The van der Waals surface area contributed by atoms with Crippen LogP contribution in [0.2, 0.25) is 0 Å². The van der Waals surface area contributed by atoms with Gasteiger partial charge in [-0.05, 0) is 40.2 Å². The molecule has 1 aromatic heterocycles. The van der Waals surface area contributed by atoms with Gasteiger partial charge in [0.15, 0.2) is 5.75 Å². The number of esters is 1. The number of pyridine rings is 1. The summed E-state index contributed by atoms with van der Waals surface area (Å²) >= 11 is 3.15. The highest BCUT2D eigenvalue weighted by Crippen LogP contribution is 2.24. The Morgan fingerprint density at radius 3 is 2.32 bits per heavy atom. The van der Waals surface area contributed by atoms with E-state index >= 15 is 0 Å². The van der Waals surface area contributed by atoms with E-state index in [9.17, 15) is 14.4 Å². The second kappa shape index (κ2) is 5.69. The second-order valence-electron chi connectivity index (χ2n) is 4.51. The van der Waals surface area contributed by atoms with Crippen molar-refractivity contribution in [1.29, 1.82) is 0 Å². The van der Waals surface area contributed by atoms with Gasteiger partial charge in [0.2, 0.25) is 0 Å². The predicted octanol–water partition coefficient (Wildman–Crippen LogP) is 2.05. The summed E-state index contributed by atoms with van der Waals surface area (Å²) < 4.78 is 5.47. The third kappa shape index (κ3) is 2.50. The first kappa shape index (κ1) is 14.4. The van der Waals surface area contributed by atoms with Crippen LogP contribution in [0.3, 0.4) is 0 Å². The van der Waals surface area contributed by atoms with Gasteiger partial charge in [0, 0.05) is 6.20 Å². The van der Waals surface area contributed by atoms with Crippen LogP contribution in [0.1, 0.15) is 20.7 Å². The fourth-order valence-electron chi connectivity index (χ4n) is 2.11. The Hall–Kier alpha value is -2.54. The summed E-state index contributed by atoms with van der Waals surface area (Å²) in [6.07, 6.45) is 1.53. The Balaban J connectivity index is 1.75. The molecule has 0 saturated heterocycles. The highest BCUT2D eigenvalue weighted by Gasteiger charge is 2.36. The Morgan fingerprint density at radius 2 is 1.73 bits per heavy atom. The lowest BCUT2D eigenvalue weighted by molar-refractivity contribution is -0.134. The van der Waals surface area contributed by atoms with Crippen LogP contribution in [0.4, 0.5) is 0 Å². The summed E-state index contributed by atoms with van der Waals surface area (Å²) in [6, 6.07) is 9.60. The predicted molar refractivity (Wildman–Crippen MR) is 79.4 cm³/mol. The molecule has 2 aromatic rings. The third-order valence-electron chi connectivity index (χ3n) is 3.11. The number of ether oxygens (including phenoxy) is 1. The van der Waals surface area contributed by atoms with Gasteiger partial charge in [0.05, 0.1) is 11.1 Å². The molecule has 0 N–H and O–H groups in total. The van der Waals surface area contributed by atoms with E-state index in [-0.39, 0.29) is 5.75 Å². The summed E-state index contributed by atoms with van der Waals surface area (Å²) in [5.74, 6) is -1.49. The van der Waals surface area contributed by atoms with E-state index in [1.54, 1.807) is 36.4 Å². The average Bonchev–Trinajstić information content (AvgIpc) is 2.75. The molecule has 1 aliphatic heterocycles. The molecule has 1 aliphatic rings. The lowest BCUT2D eigenvalue weighted by Crippen LogP contribution is -2.36. The molecular weight excluding hydrogens is 352 g/mol. The zero-order chi connectivity index (χ0) is 15.7. The first-order valence-corrected chi connectivity index (χ1v) is 7.13. The number of hydrogen-bond donors (Lipinski definition) is 0. The van der Waals surface area contributed by atoms with Crippen LogP contribution in [0, 0.1) is 0 Å². The molecule has 0 saturated carbocycles. The van der Waals surface area contributed by atoms with Gasteiger partial charge in [-0.15, -0.1) is 0 Å². The quantitative estimate of drug-likeness (QED) is 0.475. The lowest BCUT2D eigenvalue weighted by Gasteiger charge is -2.13. The molecule has 0 fully saturated rings. The number of aromatic nitrogens is 1. The highest BCUT2D eigenvalue weighted by molar-refractivity contribution is 9.10. The fraction of sp³-hybridized carbons (Fsp3) is 0.0667. The second-order valence-corrected chi connectivity index (χ2v) is 5.26. The highest BCUT2D eigenvalue weighted by atomic mass is 79.9. The van der Waals surface area contributed by atoms with Gasteiger partial charge >= 0.3 is 5.97 Å². The van der Waals surface area contributed by atoms with Crippen LogP contribution in [-0.2, 0) is 4.79 Å². The van der Waals surface area contributed by atoms with Crippen molar-refractivity contribution < 1.29 is 19.1 Å². The van der Waals surface area contributed by atoms with Gasteiger partial charge in [0.1, 0.15) is 11.1 Å². The fourth-order valence-corrected chi connectivity index (χ4v) is 2.45. The van der Waals surface area contributed by atoms with E-state index < -0.39 is 24.3 Å². The molecule has 6 nitrogen and oxygen atoms in total. The van der Waals surface area contributed by atoms with Crippen LogP contribution in [0.15, 0.2) is 47.2 Å². The first-order valence-electron chi connectivity index (χ1n) is 6.34. The number of fused-ring (bicyclic) bond motifs is 1. The Labute approximate surface area is 133 Å². The number of imide groups is 1. The molecule has 0 aliphatic carbocycles. The number of rotatable bonds is 3. The zero-order valence-electron chi connectivity index (χ0n) is 11.2. The van der Waals surface area contributed by atoms with Gasteiger partial charge in [-0.25, -0.2) is 9.78 Å². The number of amides is 2. The van der Waals surface area contributed by atoms with Crippen LogP contribution >= 0.6 is 15.9 Å². The van der Waals surface area contributed by atoms with E-state index in [2.05, 4.69) is 20.9 Å². The molecule has 2 heterocycles. The summed E-state index contributed by atoms with van der Waals surface area (Å²) in [7, 11) is 0. The van der Waals surface area contributed by atoms with Crippen molar-refractivity contribution in [3.05, 3.63) is 58.3 Å². The van der Waals surface area contributed by atoms with Gasteiger partial charge in [0.25, 0.3) is 11.8 Å². The summed E-state index contributed by atoms with van der Waals surface area (Å²) in [6.45, 7) is -0.451. The van der Waals surface area contributed by atoms with Crippen molar-refractivity contribution in [2.75, 3.05) is 6.54 Å². The van der Waals surface area contributed by atoms with Gasteiger partial charge in [-0.2, -0.15) is 0 Å². The van der Waals surface area contributed by atoms with Crippen LogP contribution < -0.4 is 4.74 Å². The van der Waals surface area contributed by atoms with Crippen molar-refractivity contribution in [1.82, 2.24) is 9.88 Å². The normalized spacial score (nSPS) is 13.2. The minimum atomic E-state index is -0.719. The third-order valence-corrected chi connectivity index (χ3v) is 3.71. The van der Waals surface area contributed by atoms with Gasteiger partial charge in [-0.1, -0.05) is 12.1 Å². The molecule has 2 amide bonds. The van der Waals surface area contributed by atoms with Crippen LogP contribution in [0.25, 0.3) is 0 Å². The Kier molecular flexibility index (Phi) is 3.72. The molecule has 110 valence electrons. The topological polar surface area (TPSA) is 76.6 Å². The van der Waals surface area contributed by atoms with Crippen molar-refractivity contribution >= 4 is 33.7 Å². The summed E-state index contributed by atoms with van der Waals surface area (Å²) in [4.78, 5) is 41.0. The summed E-state index contributed by atoms with van der Waals surface area (Å²) in [5, 5.41) is 0. The average molecular weight is 361 g/mol. The number of carbonyl (C=O) groups excluding carboxylic acids is 3. The van der Waals surface area contributed by atoms with Crippen molar-refractivity contribution in [3.63, 3.8) is 0 Å². The maximum atomic E-state index is 12.1. The number of benzene rings is 1. The molecule has 1 aromatic carbocycles. The monoisotopic (exact) mass is 360 g/mol. The zero-order valence-corrected chi connectivity index (χ0v) is 12.7. The number of halogens is 1. The molecule has 22 heavy (non-hydrogen) atoms. The van der Waals surface area contributed by atoms with Crippen molar-refractivity contribution in [3.8, 4) is 5.75 Å². The van der Waals surface area contributed by atoms with E-state index in [0.717, 1.165) is 4.90 Å². The Morgan fingerprint density at radius 1 is 1.09 bits per heavy atom. The molecule has 0 bridgehead atoms. The maximum Gasteiger partial charge on any atom is 0.331 e. The molecule has 0 radical (unpaired) electrons. The minimum absolute atomic E-state index is 0.226. The minimum Gasteiger partial charge on any atom is -0.422 e. The molecule has 7 heteroatoms. The van der Waals surface area contributed by atoms with Crippen LogP contribution in [-0.4, -0.2) is 34.2 Å². The van der Waals surface area contributed by atoms with E-state index in [0.29, 0.717) is 15.7 Å². The van der Waals surface area contributed by atoms with Crippen LogP contribution in [0.5, 0.6) is 5.75 Å². The van der Waals surface area contributed by atoms with Gasteiger partial charge in [-0.3, -0.25) is 14.5 Å². The standard InChI is InChI=1S/C15H9BrN2O4/c16-13-11(6-3-7-17-13)22-12(19)8-18-14(20)9-4-1-2-5-10(9)15(18)21/h1-7H,8H2. The number of nitrogens with zero attached hydrogens (tertiary/aromatic N) is 2. The maximum absolute atomic E-state index is 12.1. The molecular formula is C15H9BrN2O4. The molecule has 0 spiro atoms. The first-order chi connectivity index (χ1) is 10.6. The molecule has 3 rings (SSSR count). The van der Waals surface area contributed by atoms with E-state index in [1.807, 2.05) is 0 Å².